The average molecular weight is 306 g/mol. The molecule has 3 atom stereocenters. The van der Waals surface area contributed by atoms with Crippen LogP contribution in [0.4, 0.5) is 0 Å². The lowest BCUT2D eigenvalue weighted by Gasteiger charge is -2.28. The monoisotopic (exact) mass is 306 g/mol. The number of likely N-dealkylation sites (tertiary alicyclic amines) is 1. The van der Waals surface area contributed by atoms with Gasteiger partial charge in [-0.2, -0.15) is 0 Å². The van der Waals surface area contributed by atoms with Crippen LogP contribution in [0.2, 0.25) is 0 Å². The highest BCUT2D eigenvalue weighted by Crippen LogP contribution is 2.27. The molecule has 6 heteroatoms. The Morgan fingerprint density at radius 3 is 2.86 bits per heavy atom. The number of hydrogen-bond acceptors (Lipinski definition) is 4. The Bertz CT molecular complexity index is 471. The first kappa shape index (κ1) is 15.5. The first-order valence-corrected chi connectivity index (χ1v) is 8.41. The van der Waals surface area contributed by atoms with Crippen molar-refractivity contribution in [2.24, 2.45) is 0 Å². The number of carbonyl (C=O) groups is 1. The van der Waals surface area contributed by atoms with Crippen molar-refractivity contribution in [3.05, 3.63) is 18.7 Å². The number of aromatic nitrogens is 2. The summed E-state index contributed by atoms with van der Waals surface area (Å²) in [5, 5.41) is 13.5. The standard InChI is InChI=1S/C16H26N4O2/c21-15(4-3-8-19-11-7-17-12-19)18-13-5-6-14(16(13)22)20-9-1-2-10-20/h7,11-14,16,22H,1-6,8-10H2,(H,18,21)/t13-,14-,16-/m1/s1. The minimum Gasteiger partial charge on any atom is -0.389 e. The van der Waals surface area contributed by atoms with E-state index in [4.69, 9.17) is 0 Å². The molecule has 22 heavy (non-hydrogen) atoms. The van der Waals surface area contributed by atoms with Crippen LogP contribution in [-0.2, 0) is 11.3 Å². The van der Waals surface area contributed by atoms with Gasteiger partial charge in [-0.1, -0.05) is 0 Å². The minimum absolute atomic E-state index is 0.0474. The van der Waals surface area contributed by atoms with Gasteiger partial charge in [-0.05, 0) is 45.2 Å². The zero-order valence-electron chi connectivity index (χ0n) is 13.0. The number of aryl methyl sites for hydroxylation is 1. The average Bonchev–Trinajstić information content (AvgIpc) is 3.22. The summed E-state index contributed by atoms with van der Waals surface area (Å²) in [6.07, 6.45) is 10.6. The molecule has 2 N–H and O–H groups in total. The van der Waals surface area contributed by atoms with Crippen LogP contribution in [0.5, 0.6) is 0 Å². The Kier molecular flexibility index (Phi) is 5.10. The van der Waals surface area contributed by atoms with Crippen LogP contribution in [0.15, 0.2) is 18.7 Å². The number of nitrogens with zero attached hydrogens (tertiary/aromatic N) is 3. The molecular weight excluding hydrogens is 280 g/mol. The molecule has 2 heterocycles. The number of aliphatic hydroxyl groups is 1. The molecule has 1 saturated heterocycles. The maximum Gasteiger partial charge on any atom is 0.220 e. The Morgan fingerprint density at radius 2 is 2.14 bits per heavy atom. The molecule has 3 rings (SSSR count). The lowest BCUT2D eigenvalue weighted by molar-refractivity contribution is -0.122. The highest BCUT2D eigenvalue weighted by atomic mass is 16.3. The maximum absolute atomic E-state index is 12.0. The molecule has 6 nitrogen and oxygen atoms in total. The topological polar surface area (TPSA) is 70.4 Å². The summed E-state index contributed by atoms with van der Waals surface area (Å²) in [4.78, 5) is 18.4. The molecule has 1 aliphatic heterocycles. The second kappa shape index (κ2) is 7.24. The molecule has 1 aliphatic carbocycles. The molecule has 0 spiro atoms. The van der Waals surface area contributed by atoms with Gasteiger partial charge < -0.3 is 15.0 Å². The number of hydrogen-bond donors (Lipinski definition) is 2. The molecule has 1 saturated carbocycles. The Labute approximate surface area is 131 Å². The number of imidazole rings is 1. The van der Waals surface area contributed by atoms with Crippen molar-refractivity contribution < 1.29 is 9.90 Å². The van der Waals surface area contributed by atoms with Gasteiger partial charge in [0.2, 0.25) is 5.91 Å². The first-order valence-electron chi connectivity index (χ1n) is 8.41. The molecule has 122 valence electrons. The molecule has 2 aliphatic rings. The fourth-order valence-corrected chi connectivity index (χ4v) is 3.71. The smallest absolute Gasteiger partial charge is 0.220 e. The summed E-state index contributed by atoms with van der Waals surface area (Å²) in [6.45, 7) is 2.98. The zero-order valence-corrected chi connectivity index (χ0v) is 13.0. The van der Waals surface area contributed by atoms with Gasteiger partial charge in [0.05, 0.1) is 18.5 Å². The van der Waals surface area contributed by atoms with E-state index in [0.29, 0.717) is 6.42 Å². The van der Waals surface area contributed by atoms with Gasteiger partial charge in [0.1, 0.15) is 0 Å². The van der Waals surface area contributed by atoms with Gasteiger partial charge in [-0.15, -0.1) is 0 Å². The lowest BCUT2D eigenvalue weighted by Crippen LogP contribution is -2.47. The quantitative estimate of drug-likeness (QED) is 0.814. The van der Waals surface area contributed by atoms with Crippen LogP contribution in [0.25, 0.3) is 0 Å². The molecule has 0 bridgehead atoms. The van der Waals surface area contributed by atoms with Crippen LogP contribution in [-0.4, -0.2) is 56.7 Å². The van der Waals surface area contributed by atoms with Gasteiger partial charge in [0, 0.05) is 31.4 Å². The molecule has 0 aromatic carbocycles. The van der Waals surface area contributed by atoms with Crippen LogP contribution >= 0.6 is 0 Å². The summed E-state index contributed by atoms with van der Waals surface area (Å²) in [5.74, 6) is 0.0474. The molecule has 1 aromatic heterocycles. The predicted molar refractivity (Wildman–Crippen MR) is 83.2 cm³/mol. The summed E-state index contributed by atoms with van der Waals surface area (Å²) < 4.78 is 1.97. The summed E-state index contributed by atoms with van der Waals surface area (Å²) in [5.41, 5.74) is 0. The van der Waals surface area contributed by atoms with Crippen molar-refractivity contribution in [3.63, 3.8) is 0 Å². The summed E-state index contributed by atoms with van der Waals surface area (Å²) in [6, 6.07) is 0.157. The molecular formula is C16H26N4O2. The fraction of sp³-hybridized carbons (Fsp3) is 0.750. The predicted octanol–water partition coefficient (Wildman–Crippen LogP) is 0.767. The third-order valence-electron chi connectivity index (χ3n) is 4.92. The summed E-state index contributed by atoms with van der Waals surface area (Å²) >= 11 is 0. The van der Waals surface area contributed by atoms with Gasteiger partial charge in [0.15, 0.2) is 0 Å². The molecule has 1 amide bonds. The van der Waals surface area contributed by atoms with Crippen LogP contribution in [0, 0.1) is 0 Å². The maximum atomic E-state index is 12.0. The summed E-state index contributed by atoms with van der Waals surface area (Å²) in [7, 11) is 0. The van der Waals surface area contributed by atoms with Crippen molar-refractivity contribution in [2.75, 3.05) is 13.1 Å². The van der Waals surface area contributed by atoms with Crippen molar-refractivity contribution in [1.82, 2.24) is 19.8 Å². The lowest BCUT2D eigenvalue weighted by atomic mass is 10.1. The minimum atomic E-state index is -0.421. The van der Waals surface area contributed by atoms with Gasteiger partial charge >= 0.3 is 0 Å². The molecule has 1 aromatic rings. The molecule has 0 radical (unpaired) electrons. The second-order valence-electron chi connectivity index (χ2n) is 6.46. The van der Waals surface area contributed by atoms with E-state index in [1.807, 2.05) is 10.8 Å². The number of amides is 1. The van der Waals surface area contributed by atoms with E-state index < -0.39 is 6.10 Å². The van der Waals surface area contributed by atoms with Gasteiger partial charge in [0.25, 0.3) is 0 Å². The Hall–Kier alpha value is -1.40. The Morgan fingerprint density at radius 1 is 1.32 bits per heavy atom. The van der Waals surface area contributed by atoms with Gasteiger partial charge in [-0.25, -0.2) is 4.98 Å². The highest BCUT2D eigenvalue weighted by molar-refractivity contribution is 5.76. The third kappa shape index (κ3) is 3.67. The molecule has 0 unspecified atom stereocenters. The number of rotatable bonds is 6. The first-order chi connectivity index (χ1) is 10.7. The van der Waals surface area contributed by atoms with E-state index in [2.05, 4.69) is 15.2 Å². The number of aliphatic hydroxyl groups excluding tert-OH is 1. The Balaban J connectivity index is 1.39. The van der Waals surface area contributed by atoms with E-state index in [9.17, 15) is 9.90 Å². The normalized spacial score (nSPS) is 29.0. The van der Waals surface area contributed by atoms with Crippen molar-refractivity contribution in [2.45, 2.75) is 63.3 Å². The second-order valence-corrected chi connectivity index (χ2v) is 6.46. The van der Waals surface area contributed by atoms with Gasteiger partial charge in [-0.3, -0.25) is 9.69 Å². The van der Waals surface area contributed by atoms with Crippen molar-refractivity contribution in [3.8, 4) is 0 Å². The SMILES string of the molecule is O=C(CCCn1ccnc1)N[C@@H]1CC[C@@H](N2CCCC2)[C@@H]1O. The molecule has 2 fully saturated rings. The van der Waals surface area contributed by atoms with Crippen molar-refractivity contribution in [1.29, 1.82) is 0 Å². The third-order valence-corrected chi connectivity index (χ3v) is 4.92. The van der Waals surface area contributed by atoms with Crippen LogP contribution < -0.4 is 5.32 Å². The van der Waals surface area contributed by atoms with E-state index in [1.165, 1.54) is 12.8 Å². The fourth-order valence-electron chi connectivity index (χ4n) is 3.71. The number of nitrogens with one attached hydrogen (secondary N) is 1. The van der Waals surface area contributed by atoms with E-state index in [-0.39, 0.29) is 18.0 Å². The van der Waals surface area contributed by atoms with Crippen molar-refractivity contribution >= 4 is 5.91 Å². The van der Waals surface area contributed by atoms with E-state index in [0.717, 1.165) is 38.9 Å². The number of carbonyl (C=O) groups excluding carboxylic acids is 1. The zero-order chi connectivity index (χ0) is 15.4. The van der Waals surface area contributed by atoms with Crippen LogP contribution in [0.3, 0.4) is 0 Å². The van der Waals surface area contributed by atoms with E-state index in [1.54, 1.807) is 12.5 Å². The largest absolute Gasteiger partial charge is 0.389 e. The van der Waals surface area contributed by atoms with E-state index >= 15 is 0 Å². The highest BCUT2D eigenvalue weighted by Gasteiger charge is 2.39. The van der Waals surface area contributed by atoms with Crippen LogP contribution in [0.1, 0.15) is 38.5 Å².